The largest absolute Gasteiger partial charge is 0.497 e. The predicted octanol–water partition coefficient (Wildman–Crippen LogP) is 3.82. The number of halogens is 5. The Bertz CT molecular complexity index is 1270. The summed E-state index contributed by atoms with van der Waals surface area (Å²) < 4.78 is 79.8. The van der Waals surface area contributed by atoms with Crippen LogP contribution < -0.4 is 25.4 Å². The van der Waals surface area contributed by atoms with Crippen LogP contribution in [0.3, 0.4) is 0 Å². The van der Waals surface area contributed by atoms with E-state index < -0.39 is 65.2 Å². The summed E-state index contributed by atoms with van der Waals surface area (Å²) in [5, 5.41) is 6.16. The van der Waals surface area contributed by atoms with Crippen LogP contribution in [0.25, 0.3) is 0 Å². The molecule has 3 atom stereocenters. The molecule has 14 heteroatoms. The van der Waals surface area contributed by atoms with Crippen molar-refractivity contribution in [2.24, 2.45) is 5.92 Å². The molecule has 0 bridgehead atoms. The number of carbonyl (C=O) groups excluding carboxylic acids is 4. The fraction of sp³-hybridized carbons (Fsp3) is 0.429. The Balaban J connectivity index is 2.31. The molecule has 0 aromatic heterocycles. The summed E-state index contributed by atoms with van der Waals surface area (Å²) in [5.74, 6) is -11.3. The summed E-state index contributed by atoms with van der Waals surface area (Å²) in [5.41, 5.74) is -0.667. The van der Waals surface area contributed by atoms with Crippen LogP contribution in [0.15, 0.2) is 48.5 Å². The molecule has 2 rings (SSSR count). The Hall–Kier alpha value is -4.23. The Kier molecular flexibility index (Phi) is 11.4. The molecule has 0 aliphatic rings. The molecule has 2 aromatic carbocycles. The summed E-state index contributed by atoms with van der Waals surface area (Å²) in [6.07, 6.45) is -5.24. The number of hydrogen-bond acceptors (Lipinski definition) is 6. The lowest BCUT2D eigenvalue weighted by Crippen LogP contribution is -2.55. The lowest BCUT2D eigenvalue weighted by molar-refractivity contribution is -0.175. The Morgan fingerprint density at radius 3 is 1.95 bits per heavy atom. The number of carbonyl (C=O) groups is 4. The van der Waals surface area contributed by atoms with E-state index in [1.807, 2.05) is 10.6 Å². The number of rotatable bonds is 13. The molecule has 0 fully saturated rings. The van der Waals surface area contributed by atoms with Gasteiger partial charge in [-0.3, -0.25) is 19.2 Å². The smallest absolute Gasteiger partial charge is 0.452 e. The Morgan fingerprint density at radius 1 is 0.833 bits per heavy atom. The van der Waals surface area contributed by atoms with Gasteiger partial charge in [0.1, 0.15) is 23.6 Å². The molecule has 9 nitrogen and oxygen atoms in total. The number of nitrogens with one attached hydrogen (secondary N) is 3. The molecule has 3 amide bonds. The van der Waals surface area contributed by atoms with Gasteiger partial charge < -0.3 is 25.4 Å². The molecule has 0 aliphatic carbocycles. The number of methoxy groups -OCH3 is 1. The van der Waals surface area contributed by atoms with Crippen LogP contribution in [0.1, 0.15) is 44.9 Å². The molecular weight excluding hydrogens is 569 g/mol. The molecule has 0 spiro atoms. The summed E-state index contributed by atoms with van der Waals surface area (Å²) in [6, 6.07) is 5.16. The van der Waals surface area contributed by atoms with E-state index in [1.54, 1.807) is 6.92 Å². The van der Waals surface area contributed by atoms with Gasteiger partial charge in [0.15, 0.2) is 0 Å². The van der Waals surface area contributed by atoms with E-state index in [0.717, 1.165) is 13.0 Å². The third-order valence-electron chi connectivity index (χ3n) is 6.08. The van der Waals surface area contributed by atoms with Gasteiger partial charge in [-0.15, -0.1) is 0 Å². The zero-order chi connectivity index (χ0) is 31.8. The third-order valence-corrected chi connectivity index (χ3v) is 6.08. The van der Waals surface area contributed by atoms with Gasteiger partial charge in [0, 0.05) is 0 Å². The normalized spacial score (nSPS) is 13.9. The van der Waals surface area contributed by atoms with Gasteiger partial charge in [0.25, 0.3) is 11.7 Å². The molecule has 0 heterocycles. The highest BCUT2D eigenvalue weighted by atomic mass is 19.4. The van der Waals surface area contributed by atoms with Crippen molar-refractivity contribution in [2.75, 3.05) is 13.7 Å². The van der Waals surface area contributed by atoms with Crippen molar-refractivity contribution in [3.05, 3.63) is 59.7 Å². The summed E-state index contributed by atoms with van der Waals surface area (Å²) in [7, 11) is 1.36. The number of ether oxygens (including phenoxy) is 2. The number of Topliss-reactive ketones (excluding diaryl/α,β-unsaturated/α-hetero) is 1. The average Bonchev–Trinajstić information content (AvgIpc) is 2.93. The highest BCUT2D eigenvalue weighted by Crippen LogP contribution is 2.35. The van der Waals surface area contributed by atoms with Gasteiger partial charge in [-0.05, 0) is 49.6 Å². The molecule has 2 aromatic rings. The minimum absolute atomic E-state index is 0.0502. The van der Waals surface area contributed by atoms with E-state index in [2.05, 4.69) is 5.32 Å². The van der Waals surface area contributed by atoms with E-state index in [9.17, 15) is 32.3 Å². The van der Waals surface area contributed by atoms with Crippen LogP contribution in [0.5, 0.6) is 11.5 Å². The maximum Gasteiger partial charge on any atom is 0.452 e. The zero-order valence-electron chi connectivity index (χ0n) is 23.5. The molecule has 3 unspecified atom stereocenters. The lowest BCUT2D eigenvalue weighted by atomic mass is 9.97. The summed E-state index contributed by atoms with van der Waals surface area (Å²) in [4.78, 5) is 50.7. The van der Waals surface area contributed by atoms with Crippen molar-refractivity contribution in [3.63, 3.8) is 0 Å². The first-order valence-corrected chi connectivity index (χ1v) is 12.8. The van der Waals surface area contributed by atoms with Crippen molar-refractivity contribution in [3.8, 4) is 11.5 Å². The van der Waals surface area contributed by atoms with Gasteiger partial charge in [-0.2, -0.15) is 22.0 Å². The molecule has 0 saturated carbocycles. The molecule has 230 valence electrons. The summed E-state index contributed by atoms with van der Waals surface area (Å²) >= 11 is 0. The van der Waals surface area contributed by atoms with E-state index in [1.165, 1.54) is 63.4 Å². The zero-order valence-corrected chi connectivity index (χ0v) is 23.5. The molecule has 3 N–H and O–H groups in total. The van der Waals surface area contributed by atoms with Crippen LogP contribution >= 0.6 is 0 Å². The monoisotopic (exact) mass is 601 g/mol. The van der Waals surface area contributed by atoms with Crippen molar-refractivity contribution >= 4 is 23.5 Å². The molecule has 0 aliphatic heterocycles. The van der Waals surface area contributed by atoms with Gasteiger partial charge in [-0.1, -0.05) is 38.1 Å². The first-order chi connectivity index (χ1) is 19.5. The van der Waals surface area contributed by atoms with Crippen molar-refractivity contribution in [1.29, 1.82) is 0 Å². The second kappa shape index (κ2) is 14.1. The van der Waals surface area contributed by atoms with Crippen molar-refractivity contribution in [1.82, 2.24) is 16.0 Å². The molecule has 0 saturated heterocycles. The Morgan fingerprint density at radius 2 is 1.43 bits per heavy atom. The lowest BCUT2D eigenvalue weighted by Gasteiger charge is -2.27. The second-order valence-corrected chi connectivity index (χ2v) is 9.51. The van der Waals surface area contributed by atoms with Gasteiger partial charge in [0.2, 0.25) is 11.8 Å². The number of benzene rings is 2. The van der Waals surface area contributed by atoms with E-state index in [-0.39, 0.29) is 17.9 Å². The number of para-hydroxylation sites is 1. The molecule has 42 heavy (non-hydrogen) atoms. The SMILES string of the molecule is CCOc1ccccc1C(F)(F)C(=O)NC(C)C(=O)NC(C(=O)NC(C(=O)C(F)(F)F)C(C)C)c1ccc(OC)cc1. The third kappa shape index (κ3) is 8.40. The maximum absolute atomic E-state index is 15.1. The topological polar surface area (TPSA) is 123 Å². The maximum atomic E-state index is 15.1. The van der Waals surface area contributed by atoms with Crippen LogP contribution in [-0.4, -0.2) is 55.5 Å². The first-order valence-electron chi connectivity index (χ1n) is 12.8. The van der Waals surface area contributed by atoms with Crippen LogP contribution in [0, 0.1) is 5.92 Å². The minimum atomic E-state index is -5.24. The fourth-order valence-corrected chi connectivity index (χ4v) is 3.79. The van der Waals surface area contributed by atoms with Crippen molar-refractivity contribution in [2.45, 2.75) is 57.9 Å². The second-order valence-electron chi connectivity index (χ2n) is 9.51. The highest BCUT2D eigenvalue weighted by molar-refractivity contribution is 5.97. The predicted molar refractivity (Wildman–Crippen MR) is 141 cm³/mol. The fourth-order valence-electron chi connectivity index (χ4n) is 3.79. The summed E-state index contributed by atoms with van der Waals surface area (Å²) in [6.45, 7) is 5.27. The highest BCUT2D eigenvalue weighted by Gasteiger charge is 2.46. The van der Waals surface area contributed by atoms with Gasteiger partial charge in [0.05, 0.1) is 25.3 Å². The van der Waals surface area contributed by atoms with Crippen LogP contribution in [0.2, 0.25) is 0 Å². The average molecular weight is 602 g/mol. The minimum Gasteiger partial charge on any atom is -0.497 e. The molecule has 0 radical (unpaired) electrons. The van der Waals surface area contributed by atoms with Gasteiger partial charge in [-0.25, -0.2) is 0 Å². The Labute approximate surface area is 239 Å². The van der Waals surface area contributed by atoms with Crippen LogP contribution in [0.4, 0.5) is 22.0 Å². The first kappa shape index (κ1) is 34.0. The van der Waals surface area contributed by atoms with E-state index in [0.29, 0.717) is 5.75 Å². The standard InChI is InChI=1S/C28H32F5N3O6/c1-6-42-20-10-8-7-9-19(20)27(29,30)26(40)34-16(4)24(38)36-22(17-11-13-18(41-5)14-12-17)25(39)35-21(15(2)3)23(37)28(31,32)33/h7-16,21-22H,6H2,1-5H3,(H,34,40)(H,35,39)(H,36,38). The number of hydrogen-bond donors (Lipinski definition) is 3. The molecular formula is C28H32F5N3O6. The van der Waals surface area contributed by atoms with Crippen LogP contribution in [-0.2, 0) is 25.1 Å². The van der Waals surface area contributed by atoms with E-state index >= 15 is 8.78 Å². The van der Waals surface area contributed by atoms with E-state index in [4.69, 9.17) is 9.47 Å². The van der Waals surface area contributed by atoms with Crippen molar-refractivity contribution < 1.29 is 50.6 Å². The number of alkyl halides is 5. The quantitative estimate of drug-likeness (QED) is 0.300. The van der Waals surface area contributed by atoms with Gasteiger partial charge >= 0.3 is 12.1 Å². The number of amides is 3. The number of ketones is 1.